The van der Waals surface area contributed by atoms with Crippen LogP contribution in [0.15, 0.2) is 24.3 Å². The normalized spacial score (nSPS) is 23.3. The minimum atomic E-state index is 0.260. The Morgan fingerprint density at radius 3 is 2.89 bits per heavy atom. The van der Waals surface area contributed by atoms with Gasteiger partial charge in [-0.15, -0.1) is 0 Å². The van der Waals surface area contributed by atoms with E-state index in [1.54, 1.807) is 5.56 Å². The maximum absolute atomic E-state index is 5.84. The van der Waals surface area contributed by atoms with Crippen LogP contribution in [-0.4, -0.2) is 11.1 Å². The number of nitrogens with zero attached hydrogens (tertiary/aromatic N) is 1. The molecule has 1 aromatic heterocycles. The molecule has 0 spiro atoms. The molecule has 1 heterocycles. The lowest BCUT2D eigenvalue weighted by Gasteiger charge is -2.35. The van der Waals surface area contributed by atoms with Gasteiger partial charge >= 0.3 is 0 Å². The van der Waals surface area contributed by atoms with Crippen LogP contribution in [0, 0.1) is 0 Å². The summed E-state index contributed by atoms with van der Waals surface area (Å²) in [6, 6.07) is 8.78. The molecule has 1 aromatic carbocycles. The number of fused-ring (bicyclic) bond motifs is 3. The summed E-state index contributed by atoms with van der Waals surface area (Å²) in [6.45, 7) is 3.16. The molecule has 2 aromatic rings. The maximum atomic E-state index is 5.84. The lowest BCUT2D eigenvalue weighted by molar-refractivity contribution is 0.354. The van der Waals surface area contributed by atoms with Crippen LogP contribution in [0.5, 0.6) is 0 Å². The first-order valence-electron chi connectivity index (χ1n) is 6.94. The summed E-state index contributed by atoms with van der Waals surface area (Å²) in [6.07, 6.45) is 4.86. The summed E-state index contributed by atoms with van der Waals surface area (Å²) in [7, 11) is 2.21. The monoisotopic (exact) mass is 242 g/mol. The second-order valence-electron chi connectivity index (χ2n) is 5.86. The Balaban J connectivity index is 2.29. The van der Waals surface area contributed by atoms with Crippen LogP contribution in [0.25, 0.3) is 10.9 Å². The summed E-state index contributed by atoms with van der Waals surface area (Å²) in [5.41, 5.74) is 10.6. The molecule has 0 bridgehead atoms. The van der Waals surface area contributed by atoms with Gasteiger partial charge in [0.2, 0.25) is 0 Å². The highest BCUT2D eigenvalue weighted by atomic mass is 15.0. The molecule has 18 heavy (non-hydrogen) atoms. The van der Waals surface area contributed by atoms with Crippen molar-refractivity contribution in [2.75, 3.05) is 6.54 Å². The van der Waals surface area contributed by atoms with Gasteiger partial charge in [-0.2, -0.15) is 0 Å². The molecule has 0 fully saturated rings. The van der Waals surface area contributed by atoms with Gasteiger partial charge in [-0.25, -0.2) is 0 Å². The van der Waals surface area contributed by atoms with E-state index in [9.17, 15) is 0 Å². The predicted octanol–water partition coefficient (Wildman–Crippen LogP) is 3.12. The Morgan fingerprint density at radius 2 is 2.11 bits per heavy atom. The fourth-order valence-electron chi connectivity index (χ4n) is 3.83. The number of hydrogen-bond donors (Lipinski definition) is 1. The summed E-state index contributed by atoms with van der Waals surface area (Å²) in [4.78, 5) is 0. The van der Waals surface area contributed by atoms with Crippen LogP contribution in [0.2, 0.25) is 0 Å². The van der Waals surface area contributed by atoms with Crippen LogP contribution in [0.3, 0.4) is 0 Å². The van der Waals surface area contributed by atoms with E-state index < -0.39 is 0 Å². The zero-order valence-electron chi connectivity index (χ0n) is 11.4. The number of benzene rings is 1. The van der Waals surface area contributed by atoms with Crippen molar-refractivity contribution in [2.45, 2.75) is 38.0 Å². The van der Waals surface area contributed by atoms with Crippen molar-refractivity contribution in [1.29, 1.82) is 0 Å². The summed E-state index contributed by atoms with van der Waals surface area (Å²) in [5, 5.41) is 1.44. The highest BCUT2D eigenvalue weighted by molar-refractivity contribution is 5.86. The molecule has 1 aliphatic carbocycles. The molecule has 0 saturated heterocycles. The van der Waals surface area contributed by atoms with Crippen LogP contribution in [0.4, 0.5) is 0 Å². The van der Waals surface area contributed by atoms with Crippen molar-refractivity contribution in [2.24, 2.45) is 12.8 Å². The lowest BCUT2D eigenvalue weighted by Crippen LogP contribution is -2.32. The SMILES string of the molecule is Cn1c2c(c3ccccc31)CCCC2(C)CCN. The molecule has 1 aliphatic rings. The highest BCUT2D eigenvalue weighted by Gasteiger charge is 2.35. The van der Waals surface area contributed by atoms with E-state index in [1.165, 1.54) is 35.9 Å². The Morgan fingerprint density at radius 1 is 1.33 bits per heavy atom. The smallest absolute Gasteiger partial charge is 0.0482 e. The minimum absolute atomic E-state index is 0.260. The van der Waals surface area contributed by atoms with Gasteiger partial charge in [0, 0.05) is 29.1 Å². The Kier molecular flexibility index (Phi) is 2.70. The van der Waals surface area contributed by atoms with E-state index in [2.05, 4.69) is 42.8 Å². The van der Waals surface area contributed by atoms with E-state index in [1.807, 2.05) is 0 Å². The van der Waals surface area contributed by atoms with Crippen molar-refractivity contribution in [3.05, 3.63) is 35.5 Å². The average Bonchev–Trinajstić information content (AvgIpc) is 2.66. The van der Waals surface area contributed by atoms with Gasteiger partial charge in [0.1, 0.15) is 0 Å². The third kappa shape index (κ3) is 1.52. The van der Waals surface area contributed by atoms with Gasteiger partial charge in [0.05, 0.1) is 0 Å². The molecule has 2 heteroatoms. The summed E-state index contributed by atoms with van der Waals surface area (Å²) < 4.78 is 2.40. The first-order valence-corrected chi connectivity index (χ1v) is 6.94. The van der Waals surface area contributed by atoms with E-state index in [-0.39, 0.29) is 5.41 Å². The predicted molar refractivity (Wildman–Crippen MR) is 76.9 cm³/mol. The highest BCUT2D eigenvalue weighted by Crippen LogP contribution is 2.43. The number of nitrogens with two attached hydrogens (primary N) is 1. The third-order valence-corrected chi connectivity index (χ3v) is 4.63. The first kappa shape index (κ1) is 11.8. The van der Waals surface area contributed by atoms with Gasteiger partial charge < -0.3 is 10.3 Å². The topological polar surface area (TPSA) is 30.9 Å². The molecular formula is C16H22N2. The van der Waals surface area contributed by atoms with Crippen LogP contribution >= 0.6 is 0 Å². The number of aryl methyl sites for hydroxylation is 2. The number of rotatable bonds is 2. The van der Waals surface area contributed by atoms with E-state index in [0.29, 0.717) is 0 Å². The van der Waals surface area contributed by atoms with Crippen molar-refractivity contribution in [1.82, 2.24) is 4.57 Å². The molecule has 0 amide bonds. The number of para-hydroxylation sites is 1. The first-order chi connectivity index (χ1) is 8.67. The van der Waals surface area contributed by atoms with Crippen LogP contribution in [-0.2, 0) is 18.9 Å². The Bertz CT molecular complexity index is 582. The average molecular weight is 242 g/mol. The zero-order valence-corrected chi connectivity index (χ0v) is 11.4. The molecule has 2 nitrogen and oxygen atoms in total. The van der Waals surface area contributed by atoms with Gasteiger partial charge in [0.25, 0.3) is 0 Å². The maximum Gasteiger partial charge on any atom is 0.0482 e. The van der Waals surface area contributed by atoms with Crippen LogP contribution < -0.4 is 5.73 Å². The molecule has 0 aliphatic heterocycles. The van der Waals surface area contributed by atoms with Gasteiger partial charge in [-0.05, 0) is 43.9 Å². The van der Waals surface area contributed by atoms with Crippen molar-refractivity contribution < 1.29 is 0 Å². The fraction of sp³-hybridized carbons (Fsp3) is 0.500. The zero-order chi connectivity index (χ0) is 12.8. The van der Waals surface area contributed by atoms with Gasteiger partial charge in [-0.3, -0.25) is 0 Å². The van der Waals surface area contributed by atoms with E-state index >= 15 is 0 Å². The Hall–Kier alpha value is -1.28. The van der Waals surface area contributed by atoms with Crippen molar-refractivity contribution in [3.8, 4) is 0 Å². The van der Waals surface area contributed by atoms with E-state index in [0.717, 1.165) is 13.0 Å². The van der Waals surface area contributed by atoms with Gasteiger partial charge in [-0.1, -0.05) is 25.1 Å². The second-order valence-corrected chi connectivity index (χ2v) is 5.86. The molecular weight excluding hydrogens is 220 g/mol. The molecule has 96 valence electrons. The largest absolute Gasteiger partial charge is 0.347 e. The fourth-order valence-corrected chi connectivity index (χ4v) is 3.83. The van der Waals surface area contributed by atoms with E-state index in [4.69, 9.17) is 5.73 Å². The molecule has 0 saturated carbocycles. The molecule has 0 radical (unpaired) electrons. The molecule has 3 rings (SSSR count). The Labute approximate surface area is 109 Å². The van der Waals surface area contributed by atoms with Crippen LogP contribution in [0.1, 0.15) is 37.4 Å². The van der Waals surface area contributed by atoms with Crippen molar-refractivity contribution in [3.63, 3.8) is 0 Å². The van der Waals surface area contributed by atoms with Crippen molar-refractivity contribution >= 4 is 10.9 Å². The lowest BCUT2D eigenvalue weighted by atomic mass is 9.72. The third-order valence-electron chi connectivity index (χ3n) is 4.63. The standard InChI is InChI=1S/C16H22N2/c1-16(10-11-17)9-5-7-13-12-6-3-4-8-14(12)18(2)15(13)16/h3-4,6,8H,5,7,9-11,17H2,1-2H3. The molecule has 1 atom stereocenters. The molecule has 2 N–H and O–H groups in total. The molecule has 1 unspecified atom stereocenters. The second kappa shape index (κ2) is 4.13. The number of hydrogen-bond acceptors (Lipinski definition) is 1. The number of aromatic nitrogens is 1. The summed E-state index contributed by atoms with van der Waals surface area (Å²) in [5.74, 6) is 0. The minimum Gasteiger partial charge on any atom is -0.347 e. The quantitative estimate of drug-likeness (QED) is 0.862. The van der Waals surface area contributed by atoms with Gasteiger partial charge in [0.15, 0.2) is 0 Å². The summed E-state index contributed by atoms with van der Waals surface area (Å²) >= 11 is 0.